The van der Waals surface area contributed by atoms with E-state index in [1.54, 1.807) is 12.1 Å². The minimum absolute atomic E-state index is 0.0582. The van der Waals surface area contributed by atoms with E-state index in [0.717, 1.165) is 60.7 Å². The summed E-state index contributed by atoms with van der Waals surface area (Å²) in [4.78, 5) is 23.9. The average Bonchev–Trinajstić information content (AvgIpc) is 3.57. The van der Waals surface area contributed by atoms with Gasteiger partial charge in [-0.15, -0.1) is 0 Å². The SMILES string of the molecule is Cc1c(-c2ccc(Oc3cc(F)cc(F)c3)cc2)c2c(N)ncnc2n1C[C@H]1CCCN1C(=O)C(C#N)=CC1CC1. The third-order valence-corrected chi connectivity index (χ3v) is 7.75. The molecule has 3 heterocycles. The van der Waals surface area contributed by atoms with Crippen molar-refractivity contribution in [2.75, 3.05) is 12.3 Å². The molecule has 0 spiro atoms. The molecule has 1 atom stereocenters. The lowest BCUT2D eigenvalue weighted by Crippen LogP contribution is -2.39. The summed E-state index contributed by atoms with van der Waals surface area (Å²) in [5.41, 5.74) is 9.84. The van der Waals surface area contributed by atoms with E-state index in [9.17, 15) is 18.8 Å². The average molecular weight is 555 g/mol. The fraction of sp³-hybridized carbons (Fsp3) is 0.290. The zero-order valence-electron chi connectivity index (χ0n) is 22.5. The number of hydrogen-bond donors (Lipinski definition) is 1. The van der Waals surface area contributed by atoms with Gasteiger partial charge in [0.15, 0.2) is 0 Å². The number of halogens is 2. The van der Waals surface area contributed by atoms with Gasteiger partial charge in [-0.05, 0) is 56.2 Å². The first-order chi connectivity index (χ1) is 19.8. The number of carbonyl (C=O) groups excluding carboxylic acids is 1. The number of benzene rings is 2. The van der Waals surface area contributed by atoms with Crippen LogP contribution in [0.15, 0.2) is 60.4 Å². The molecule has 6 rings (SSSR count). The van der Waals surface area contributed by atoms with Crippen LogP contribution in [0.2, 0.25) is 0 Å². The van der Waals surface area contributed by atoms with Crippen LogP contribution in [0.1, 0.15) is 31.4 Å². The van der Waals surface area contributed by atoms with Crippen molar-refractivity contribution in [3.63, 3.8) is 0 Å². The standard InChI is InChI=1S/C31H28F2N6O2/c1-18-27(20-6-8-25(9-7-20)41-26-13-22(32)12-23(33)14-26)28-29(35)36-17-37-30(28)39(18)16-24-3-2-10-38(24)31(40)21(15-34)11-19-4-5-19/h6-9,11-14,17,19,24H,2-5,10,16H2,1H3,(H2,35,36,37)/t24-/m1/s1. The summed E-state index contributed by atoms with van der Waals surface area (Å²) in [5.74, 6) is -0.513. The third kappa shape index (κ3) is 5.23. The van der Waals surface area contributed by atoms with Crippen LogP contribution in [0, 0.1) is 35.8 Å². The second-order valence-corrected chi connectivity index (χ2v) is 10.6. The van der Waals surface area contributed by atoms with Gasteiger partial charge in [0.25, 0.3) is 5.91 Å². The topological polar surface area (TPSA) is 110 Å². The quantitative estimate of drug-likeness (QED) is 0.225. The van der Waals surface area contributed by atoms with E-state index in [1.165, 1.54) is 6.33 Å². The van der Waals surface area contributed by atoms with Crippen molar-refractivity contribution in [2.45, 2.75) is 45.2 Å². The highest BCUT2D eigenvalue weighted by molar-refractivity contribution is 6.02. The smallest absolute Gasteiger partial charge is 0.264 e. The molecule has 4 aromatic rings. The molecule has 0 radical (unpaired) electrons. The number of likely N-dealkylation sites (tertiary alicyclic amines) is 1. The van der Waals surface area contributed by atoms with Crippen LogP contribution in [0.25, 0.3) is 22.2 Å². The lowest BCUT2D eigenvalue weighted by atomic mass is 10.0. The number of allylic oxidation sites excluding steroid dienone is 1. The highest BCUT2D eigenvalue weighted by Gasteiger charge is 2.33. The molecule has 208 valence electrons. The van der Waals surface area contributed by atoms with Gasteiger partial charge in [-0.3, -0.25) is 4.79 Å². The summed E-state index contributed by atoms with van der Waals surface area (Å²) in [6, 6.07) is 12.2. The molecular formula is C31H28F2N6O2. The number of nitrogens with zero attached hydrogens (tertiary/aromatic N) is 5. The first kappa shape index (κ1) is 26.4. The van der Waals surface area contributed by atoms with Crippen LogP contribution in [0.4, 0.5) is 14.6 Å². The number of fused-ring (bicyclic) bond motifs is 1. The summed E-state index contributed by atoms with van der Waals surface area (Å²) < 4.78 is 34.9. The van der Waals surface area contributed by atoms with Crippen molar-refractivity contribution in [1.29, 1.82) is 5.26 Å². The Balaban J connectivity index is 1.32. The molecule has 2 aromatic heterocycles. The Kier molecular flexibility index (Phi) is 6.87. The Morgan fingerprint density at radius 1 is 1.12 bits per heavy atom. The molecule has 1 aliphatic heterocycles. The number of rotatable bonds is 7. The highest BCUT2D eigenvalue weighted by Crippen LogP contribution is 2.38. The van der Waals surface area contributed by atoms with Gasteiger partial charge in [-0.2, -0.15) is 5.26 Å². The van der Waals surface area contributed by atoms with Gasteiger partial charge < -0.3 is 19.9 Å². The fourth-order valence-corrected chi connectivity index (χ4v) is 5.61. The molecule has 1 amide bonds. The number of hydrogen-bond acceptors (Lipinski definition) is 6. The van der Waals surface area contributed by atoms with E-state index in [1.807, 2.05) is 30.0 Å². The molecule has 1 saturated carbocycles. The molecule has 2 fully saturated rings. The predicted molar refractivity (Wildman–Crippen MR) is 150 cm³/mol. The monoisotopic (exact) mass is 554 g/mol. The molecule has 41 heavy (non-hydrogen) atoms. The number of carbonyl (C=O) groups is 1. The van der Waals surface area contributed by atoms with Crippen molar-refractivity contribution in [3.05, 3.63) is 77.8 Å². The Morgan fingerprint density at radius 3 is 2.54 bits per heavy atom. The third-order valence-electron chi connectivity index (χ3n) is 7.75. The van der Waals surface area contributed by atoms with E-state index in [4.69, 9.17) is 10.5 Å². The Hall–Kier alpha value is -4.78. The van der Waals surface area contributed by atoms with Crippen LogP contribution in [0.5, 0.6) is 11.5 Å². The van der Waals surface area contributed by atoms with Crippen molar-refractivity contribution >= 4 is 22.8 Å². The molecule has 2 aliphatic rings. The van der Waals surface area contributed by atoms with E-state index < -0.39 is 11.6 Å². The normalized spacial score (nSPS) is 17.2. The number of nitrogen functional groups attached to an aromatic ring is 1. The lowest BCUT2D eigenvalue weighted by molar-refractivity contribution is -0.127. The van der Waals surface area contributed by atoms with Crippen molar-refractivity contribution in [3.8, 4) is 28.7 Å². The second-order valence-electron chi connectivity index (χ2n) is 10.6. The molecule has 2 aromatic carbocycles. The molecule has 1 aliphatic carbocycles. The maximum Gasteiger partial charge on any atom is 0.264 e. The van der Waals surface area contributed by atoms with Gasteiger partial charge in [0, 0.05) is 42.5 Å². The number of aromatic nitrogens is 3. The highest BCUT2D eigenvalue weighted by atomic mass is 19.1. The van der Waals surface area contributed by atoms with Crippen LogP contribution >= 0.6 is 0 Å². The summed E-state index contributed by atoms with van der Waals surface area (Å²) in [6.45, 7) is 3.08. The summed E-state index contributed by atoms with van der Waals surface area (Å²) >= 11 is 0. The van der Waals surface area contributed by atoms with E-state index in [-0.39, 0.29) is 23.3 Å². The zero-order valence-corrected chi connectivity index (χ0v) is 22.5. The van der Waals surface area contributed by atoms with Crippen LogP contribution in [-0.4, -0.2) is 37.9 Å². The lowest BCUT2D eigenvalue weighted by Gasteiger charge is -2.25. The molecule has 0 bridgehead atoms. The molecule has 1 saturated heterocycles. The van der Waals surface area contributed by atoms with Gasteiger partial charge in [0.05, 0.1) is 11.4 Å². The number of amides is 1. The number of anilines is 1. The van der Waals surface area contributed by atoms with Gasteiger partial charge >= 0.3 is 0 Å². The summed E-state index contributed by atoms with van der Waals surface area (Å²) in [7, 11) is 0. The minimum atomic E-state index is -0.721. The Bertz CT molecular complexity index is 1700. The van der Waals surface area contributed by atoms with Gasteiger partial charge in [0.2, 0.25) is 0 Å². The molecule has 0 unspecified atom stereocenters. The largest absolute Gasteiger partial charge is 0.457 e. The number of nitrogens with two attached hydrogens (primary N) is 1. The first-order valence-electron chi connectivity index (χ1n) is 13.6. The number of ether oxygens (including phenoxy) is 1. The van der Waals surface area contributed by atoms with Crippen molar-refractivity contribution in [1.82, 2.24) is 19.4 Å². The molecule has 2 N–H and O–H groups in total. The second kappa shape index (κ2) is 10.7. The van der Waals surface area contributed by atoms with Gasteiger partial charge in [-0.1, -0.05) is 18.2 Å². The van der Waals surface area contributed by atoms with E-state index >= 15 is 0 Å². The van der Waals surface area contributed by atoms with Gasteiger partial charge in [0.1, 0.15) is 52.6 Å². The summed E-state index contributed by atoms with van der Waals surface area (Å²) in [6.07, 6.45) is 6.97. The maximum atomic E-state index is 13.6. The Morgan fingerprint density at radius 2 is 1.85 bits per heavy atom. The number of nitriles is 1. The fourth-order valence-electron chi connectivity index (χ4n) is 5.61. The van der Waals surface area contributed by atoms with Crippen molar-refractivity contribution in [2.24, 2.45) is 5.92 Å². The Labute approximate surface area is 235 Å². The van der Waals surface area contributed by atoms with Crippen LogP contribution in [0.3, 0.4) is 0 Å². The summed E-state index contributed by atoms with van der Waals surface area (Å²) in [5, 5.41) is 10.3. The van der Waals surface area contributed by atoms with E-state index in [2.05, 4.69) is 20.6 Å². The van der Waals surface area contributed by atoms with Crippen LogP contribution in [-0.2, 0) is 11.3 Å². The first-order valence-corrected chi connectivity index (χ1v) is 13.6. The van der Waals surface area contributed by atoms with E-state index in [0.29, 0.717) is 41.6 Å². The zero-order chi connectivity index (χ0) is 28.7. The molecule has 10 heteroatoms. The molecule has 8 nitrogen and oxygen atoms in total. The van der Waals surface area contributed by atoms with Gasteiger partial charge in [-0.25, -0.2) is 18.7 Å². The van der Waals surface area contributed by atoms with Crippen molar-refractivity contribution < 1.29 is 18.3 Å². The van der Waals surface area contributed by atoms with Crippen LogP contribution < -0.4 is 10.5 Å². The maximum absolute atomic E-state index is 13.6. The minimum Gasteiger partial charge on any atom is -0.457 e. The predicted octanol–water partition coefficient (Wildman–Crippen LogP) is 5.91. The molecular weight excluding hydrogens is 526 g/mol.